The van der Waals surface area contributed by atoms with E-state index >= 15 is 0 Å². The summed E-state index contributed by atoms with van der Waals surface area (Å²) < 4.78 is 0. The van der Waals surface area contributed by atoms with E-state index in [9.17, 15) is 9.59 Å². The molecule has 7 heteroatoms. The van der Waals surface area contributed by atoms with Crippen LogP contribution in [0, 0.1) is 0 Å². The van der Waals surface area contributed by atoms with Gasteiger partial charge < -0.3 is 15.5 Å². The molecule has 0 aliphatic heterocycles. The fourth-order valence-corrected chi connectivity index (χ4v) is 1.20. The highest BCUT2D eigenvalue weighted by Gasteiger charge is 2.10. The van der Waals surface area contributed by atoms with Crippen LogP contribution in [0.1, 0.15) is 17.4 Å². The van der Waals surface area contributed by atoms with Gasteiger partial charge in [-0.05, 0) is 19.1 Å². The molecule has 0 atom stereocenters. The highest BCUT2D eigenvalue weighted by atomic mass is 16.2. The Morgan fingerprint density at radius 1 is 1.28 bits per heavy atom. The van der Waals surface area contributed by atoms with E-state index in [2.05, 4.69) is 20.8 Å². The molecule has 0 bridgehead atoms. The summed E-state index contributed by atoms with van der Waals surface area (Å²) >= 11 is 0. The summed E-state index contributed by atoms with van der Waals surface area (Å²) in [6.07, 6.45) is 0. The number of nitrogens with zero attached hydrogens (tertiary/aromatic N) is 3. The maximum absolute atomic E-state index is 11.5. The van der Waals surface area contributed by atoms with Gasteiger partial charge in [0.05, 0.1) is 6.54 Å². The quantitative estimate of drug-likeness (QED) is 0.752. The zero-order valence-electron chi connectivity index (χ0n) is 10.7. The lowest BCUT2D eigenvalue weighted by Gasteiger charge is -2.09. The summed E-state index contributed by atoms with van der Waals surface area (Å²) in [6.45, 7) is 2.56. The highest BCUT2D eigenvalue weighted by Crippen LogP contribution is 2.03. The first kappa shape index (κ1) is 13.9. The van der Waals surface area contributed by atoms with Crippen LogP contribution in [0.2, 0.25) is 0 Å². The van der Waals surface area contributed by atoms with Gasteiger partial charge in [-0.15, -0.1) is 10.2 Å². The lowest BCUT2D eigenvalue weighted by Crippen LogP contribution is -2.29. The van der Waals surface area contributed by atoms with Crippen LogP contribution in [0.5, 0.6) is 0 Å². The van der Waals surface area contributed by atoms with E-state index < -0.39 is 0 Å². The molecule has 0 aromatic carbocycles. The summed E-state index contributed by atoms with van der Waals surface area (Å²) in [5.41, 5.74) is 0.267. The molecule has 0 saturated heterocycles. The number of hydrogen-bond donors (Lipinski definition) is 2. The monoisotopic (exact) mass is 251 g/mol. The number of carbonyl (C=O) groups excluding carboxylic acids is 2. The molecule has 0 aliphatic rings. The van der Waals surface area contributed by atoms with Crippen molar-refractivity contribution in [1.82, 2.24) is 20.4 Å². The SMILES string of the molecule is CCNC(=O)CNc1ccc(C(=O)N(C)C)nn1. The van der Waals surface area contributed by atoms with Crippen LogP contribution in [0.25, 0.3) is 0 Å². The predicted molar refractivity (Wildman–Crippen MR) is 67.2 cm³/mol. The van der Waals surface area contributed by atoms with Crippen LogP contribution in [-0.4, -0.2) is 54.1 Å². The first-order valence-corrected chi connectivity index (χ1v) is 5.60. The lowest BCUT2D eigenvalue weighted by atomic mass is 10.3. The van der Waals surface area contributed by atoms with Crippen molar-refractivity contribution in [2.45, 2.75) is 6.92 Å². The number of hydrogen-bond acceptors (Lipinski definition) is 5. The second-order valence-electron chi connectivity index (χ2n) is 3.81. The Balaban J connectivity index is 2.55. The van der Waals surface area contributed by atoms with Gasteiger partial charge in [-0.2, -0.15) is 0 Å². The van der Waals surface area contributed by atoms with Crippen LogP contribution in [-0.2, 0) is 4.79 Å². The standard InChI is InChI=1S/C11H17N5O2/c1-4-12-10(17)7-13-9-6-5-8(14-15-9)11(18)16(2)3/h5-6H,4,7H2,1-3H3,(H,12,17)(H,13,15). The Bertz CT molecular complexity index is 416. The molecule has 2 amide bonds. The maximum atomic E-state index is 11.5. The first-order valence-electron chi connectivity index (χ1n) is 5.60. The van der Waals surface area contributed by atoms with Gasteiger partial charge in [0.15, 0.2) is 5.69 Å². The number of aromatic nitrogens is 2. The summed E-state index contributed by atoms with van der Waals surface area (Å²) in [7, 11) is 3.29. The first-order chi connectivity index (χ1) is 8.54. The average Bonchev–Trinajstić information content (AvgIpc) is 2.36. The van der Waals surface area contributed by atoms with E-state index in [0.717, 1.165) is 0 Å². The largest absolute Gasteiger partial charge is 0.360 e. The topological polar surface area (TPSA) is 87.2 Å². The molecule has 2 N–H and O–H groups in total. The van der Waals surface area contributed by atoms with Crippen LogP contribution in [0.4, 0.5) is 5.82 Å². The van der Waals surface area contributed by atoms with Crippen LogP contribution >= 0.6 is 0 Å². The number of nitrogens with one attached hydrogen (secondary N) is 2. The zero-order valence-corrected chi connectivity index (χ0v) is 10.7. The molecule has 0 unspecified atom stereocenters. The van der Waals surface area contributed by atoms with E-state index in [1.165, 1.54) is 4.90 Å². The van der Waals surface area contributed by atoms with Gasteiger partial charge in [0, 0.05) is 20.6 Å². The van der Waals surface area contributed by atoms with Gasteiger partial charge in [-0.3, -0.25) is 9.59 Å². The molecular formula is C11H17N5O2. The summed E-state index contributed by atoms with van der Waals surface area (Å²) in [6, 6.07) is 3.18. The lowest BCUT2D eigenvalue weighted by molar-refractivity contribution is -0.119. The molecule has 0 fully saturated rings. The number of amides is 2. The molecule has 18 heavy (non-hydrogen) atoms. The number of anilines is 1. The Morgan fingerprint density at radius 2 is 2.00 bits per heavy atom. The molecule has 98 valence electrons. The van der Waals surface area contributed by atoms with Crippen molar-refractivity contribution in [1.29, 1.82) is 0 Å². The van der Waals surface area contributed by atoms with Crippen molar-refractivity contribution < 1.29 is 9.59 Å². The Morgan fingerprint density at radius 3 is 2.50 bits per heavy atom. The third-order valence-corrected chi connectivity index (χ3v) is 2.09. The normalized spacial score (nSPS) is 9.72. The van der Waals surface area contributed by atoms with E-state index in [1.54, 1.807) is 26.2 Å². The minimum Gasteiger partial charge on any atom is -0.360 e. The number of carbonyl (C=O) groups is 2. The molecule has 1 heterocycles. The van der Waals surface area contributed by atoms with Crippen molar-refractivity contribution >= 4 is 17.6 Å². The van der Waals surface area contributed by atoms with Crippen molar-refractivity contribution in [2.75, 3.05) is 32.5 Å². The highest BCUT2D eigenvalue weighted by molar-refractivity contribution is 5.91. The minimum atomic E-state index is -0.210. The summed E-state index contributed by atoms with van der Waals surface area (Å²) in [4.78, 5) is 24.2. The van der Waals surface area contributed by atoms with E-state index in [0.29, 0.717) is 12.4 Å². The second kappa shape index (κ2) is 6.53. The van der Waals surface area contributed by atoms with Gasteiger partial charge in [0.1, 0.15) is 5.82 Å². The molecule has 0 spiro atoms. The molecular weight excluding hydrogens is 234 g/mol. The van der Waals surface area contributed by atoms with Crippen molar-refractivity contribution in [3.63, 3.8) is 0 Å². The molecule has 0 aliphatic carbocycles. The smallest absolute Gasteiger partial charge is 0.273 e. The van der Waals surface area contributed by atoms with Crippen LogP contribution < -0.4 is 10.6 Å². The van der Waals surface area contributed by atoms with Crippen molar-refractivity contribution in [3.05, 3.63) is 17.8 Å². The molecule has 0 saturated carbocycles. The third kappa shape index (κ3) is 4.00. The summed E-state index contributed by atoms with van der Waals surface area (Å²) in [5, 5.41) is 13.1. The molecule has 1 aromatic heterocycles. The molecule has 7 nitrogen and oxygen atoms in total. The maximum Gasteiger partial charge on any atom is 0.273 e. The third-order valence-electron chi connectivity index (χ3n) is 2.09. The molecule has 1 rings (SSSR count). The summed E-state index contributed by atoms with van der Waals surface area (Å²) in [5.74, 6) is 0.127. The van der Waals surface area contributed by atoms with Gasteiger partial charge in [-0.25, -0.2) is 0 Å². The van der Waals surface area contributed by atoms with Gasteiger partial charge in [0.25, 0.3) is 5.91 Å². The number of likely N-dealkylation sites (N-methyl/N-ethyl adjacent to an activating group) is 1. The zero-order chi connectivity index (χ0) is 13.5. The Hall–Kier alpha value is -2.18. The fourth-order valence-electron chi connectivity index (χ4n) is 1.20. The van der Waals surface area contributed by atoms with Gasteiger partial charge >= 0.3 is 0 Å². The molecule has 0 radical (unpaired) electrons. The Kier molecular flexibility index (Phi) is 5.04. The fraction of sp³-hybridized carbons (Fsp3) is 0.455. The van der Waals surface area contributed by atoms with Crippen molar-refractivity contribution in [3.8, 4) is 0 Å². The van der Waals surface area contributed by atoms with Crippen molar-refractivity contribution in [2.24, 2.45) is 0 Å². The number of rotatable bonds is 5. The van der Waals surface area contributed by atoms with Crippen LogP contribution in [0.15, 0.2) is 12.1 Å². The van der Waals surface area contributed by atoms with Gasteiger partial charge in [0.2, 0.25) is 5.91 Å². The van der Waals surface area contributed by atoms with Gasteiger partial charge in [-0.1, -0.05) is 0 Å². The molecule has 1 aromatic rings. The van der Waals surface area contributed by atoms with Crippen LogP contribution in [0.3, 0.4) is 0 Å². The predicted octanol–water partition coefficient (Wildman–Crippen LogP) is -0.274. The minimum absolute atomic E-state index is 0.118. The second-order valence-corrected chi connectivity index (χ2v) is 3.81. The van der Waals surface area contributed by atoms with E-state index in [4.69, 9.17) is 0 Å². The Labute approximate surface area is 106 Å². The van der Waals surface area contributed by atoms with E-state index in [-0.39, 0.29) is 24.1 Å². The van der Waals surface area contributed by atoms with E-state index in [1.807, 2.05) is 6.92 Å². The average molecular weight is 251 g/mol.